The molecule has 1 saturated heterocycles. The van der Waals surface area contributed by atoms with Gasteiger partial charge in [0.25, 0.3) is 0 Å². The predicted octanol–water partition coefficient (Wildman–Crippen LogP) is 4.99. The van der Waals surface area contributed by atoms with Crippen LogP contribution in [0, 0.1) is 11.8 Å². The fourth-order valence-corrected chi connectivity index (χ4v) is 6.00. The number of aliphatic hydroxyl groups is 1. The molecule has 0 amide bonds. The molecule has 3 aromatic carbocycles. The van der Waals surface area contributed by atoms with Crippen molar-refractivity contribution in [1.82, 2.24) is 4.90 Å². The molecule has 4 atom stereocenters. The smallest absolute Gasteiger partial charge is 0.167 e. The molecule has 0 aromatic heterocycles. The quantitative estimate of drug-likeness (QED) is 0.343. The molecule has 1 aliphatic carbocycles. The van der Waals surface area contributed by atoms with E-state index in [1.807, 2.05) is 30.3 Å². The minimum Gasteiger partial charge on any atom is -0.493 e. The molecular formula is C32H37NO5. The van der Waals surface area contributed by atoms with Gasteiger partial charge in [0.2, 0.25) is 0 Å². The van der Waals surface area contributed by atoms with Crippen LogP contribution in [-0.4, -0.2) is 62.4 Å². The van der Waals surface area contributed by atoms with Crippen molar-refractivity contribution in [2.75, 3.05) is 40.5 Å². The zero-order chi connectivity index (χ0) is 26.5. The molecule has 2 aliphatic rings. The van der Waals surface area contributed by atoms with E-state index in [1.54, 1.807) is 26.4 Å². The van der Waals surface area contributed by atoms with Crippen molar-refractivity contribution in [1.29, 1.82) is 0 Å². The number of ketones is 1. The van der Waals surface area contributed by atoms with Gasteiger partial charge in [0.05, 0.1) is 19.8 Å². The van der Waals surface area contributed by atoms with E-state index in [-0.39, 0.29) is 12.4 Å². The molecule has 0 radical (unpaired) electrons. The molecule has 200 valence electrons. The highest BCUT2D eigenvalue weighted by Gasteiger charge is 2.47. The van der Waals surface area contributed by atoms with Gasteiger partial charge in [-0.1, -0.05) is 60.7 Å². The van der Waals surface area contributed by atoms with Gasteiger partial charge < -0.3 is 24.2 Å². The number of fused-ring (bicyclic) bond motifs is 1. The number of rotatable bonds is 12. The molecule has 0 bridgehead atoms. The fourth-order valence-electron chi connectivity index (χ4n) is 6.00. The Hall–Kier alpha value is -3.35. The van der Waals surface area contributed by atoms with Crippen LogP contribution in [0.4, 0.5) is 0 Å². The van der Waals surface area contributed by atoms with Crippen LogP contribution in [0.1, 0.15) is 40.2 Å². The lowest BCUT2D eigenvalue weighted by molar-refractivity contribution is 0.0734. The van der Waals surface area contributed by atoms with Crippen molar-refractivity contribution in [2.24, 2.45) is 11.8 Å². The van der Waals surface area contributed by atoms with E-state index in [9.17, 15) is 9.90 Å². The van der Waals surface area contributed by atoms with Crippen LogP contribution < -0.4 is 14.2 Å². The second kappa shape index (κ2) is 12.0. The first kappa shape index (κ1) is 26.3. The molecule has 38 heavy (non-hydrogen) atoms. The average Bonchev–Trinajstić information content (AvgIpc) is 3.25. The Labute approximate surface area is 225 Å². The summed E-state index contributed by atoms with van der Waals surface area (Å²) >= 11 is 0. The van der Waals surface area contributed by atoms with Gasteiger partial charge in [-0.05, 0) is 47.8 Å². The highest BCUT2D eigenvalue weighted by molar-refractivity contribution is 5.99. The van der Waals surface area contributed by atoms with Gasteiger partial charge in [0, 0.05) is 32.1 Å². The Morgan fingerprint density at radius 2 is 1.63 bits per heavy atom. The summed E-state index contributed by atoms with van der Waals surface area (Å²) in [4.78, 5) is 15.6. The van der Waals surface area contributed by atoms with Crippen molar-refractivity contribution in [3.63, 3.8) is 0 Å². The summed E-state index contributed by atoms with van der Waals surface area (Å²) in [6.45, 7) is 2.67. The maximum absolute atomic E-state index is 13.2. The number of carbonyl (C=O) groups is 1. The third-order valence-corrected chi connectivity index (χ3v) is 8.04. The molecule has 3 aromatic rings. The summed E-state index contributed by atoms with van der Waals surface area (Å²) in [7, 11) is 3.10. The van der Waals surface area contributed by atoms with Crippen LogP contribution >= 0.6 is 0 Å². The summed E-state index contributed by atoms with van der Waals surface area (Å²) in [6, 6.07) is 24.1. The Morgan fingerprint density at radius 1 is 0.947 bits per heavy atom. The Kier molecular flexibility index (Phi) is 8.30. The summed E-state index contributed by atoms with van der Waals surface area (Å²) in [5.74, 6) is 3.31. The van der Waals surface area contributed by atoms with E-state index < -0.39 is 6.10 Å². The SMILES string of the molecule is COc1cc(OCC(O)CN2CC3CC(c4ccccc4)C3C2)c(C(=O)CCc2ccccc2)cc1OC. The largest absolute Gasteiger partial charge is 0.493 e. The molecule has 6 nitrogen and oxygen atoms in total. The van der Waals surface area contributed by atoms with Crippen molar-refractivity contribution in [2.45, 2.75) is 31.3 Å². The first-order chi connectivity index (χ1) is 18.6. The molecule has 1 heterocycles. The van der Waals surface area contributed by atoms with Gasteiger partial charge in [-0.25, -0.2) is 0 Å². The molecule has 1 aliphatic heterocycles. The Bertz CT molecular complexity index is 1220. The number of ether oxygens (including phenoxy) is 3. The normalized spacial score (nSPS) is 21.3. The molecule has 2 fully saturated rings. The van der Waals surface area contributed by atoms with Gasteiger partial charge in [-0.2, -0.15) is 0 Å². The molecule has 1 saturated carbocycles. The van der Waals surface area contributed by atoms with Crippen LogP contribution in [0.3, 0.4) is 0 Å². The van der Waals surface area contributed by atoms with Crippen LogP contribution in [0.15, 0.2) is 72.8 Å². The Morgan fingerprint density at radius 3 is 2.34 bits per heavy atom. The van der Waals surface area contributed by atoms with Gasteiger partial charge in [0.15, 0.2) is 17.3 Å². The number of likely N-dealkylation sites (tertiary alicyclic amines) is 1. The monoisotopic (exact) mass is 515 g/mol. The molecule has 1 N–H and O–H groups in total. The lowest BCUT2D eigenvalue weighted by Gasteiger charge is -2.40. The summed E-state index contributed by atoms with van der Waals surface area (Å²) in [6.07, 6.45) is 1.54. The molecular weight excluding hydrogens is 478 g/mol. The van der Waals surface area contributed by atoms with E-state index in [2.05, 4.69) is 35.2 Å². The zero-order valence-corrected chi connectivity index (χ0v) is 22.2. The number of β-amino-alcohol motifs (C(OH)–C–C–N with tert-alkyl or cyclic N) is 1. The number of carbonyl (C=O) groups excluding carboxylic acids is 1. The lowest BCUT2D eigenvalue weighted by atomic mass is 9.64. The Balaban J connectivity index is 1.20. The van der Waals surface area contributed by atoms with Gasteiger partial charge in [-0.3, -0.25) is 4.79 Å². The number of hydrogen-bond acceptors (Lipinski definition) is 6. The maximum atomic E-state index is 13.2. The third-order valence-electron chi connectivity index (χ3n) is 8.04. The lowest BCUT2D eigenvalue weighted by Crippen LogP contribution is -2.34. The van der Waals surface area contributed by atoms with E-state index in [1.165, 1.54) is 12.0 Å². The number of aryl methyl sites for hydroxylation is 1. The zero-order valence-electron chi connectivity index (χ0n) is 22.2. The second-order valence-corrected chi connectivity index (χ2v) is 10.5. The molecule has 4 unspecified atom stereocenters. The maximum Gasteiger partial charge on any atom is 0.167 e. The number of benzene rings is 3. The average molecular weight is 516 g/mol. The first-order valence-electron chi connectivity index (χ1n) is 13.5. The minimum absolute atomic E-state index is 0.0395. The standard InChI is InChI=1S/C32H37NO5/c1-36-31-16-27(29(35)14-13-22-9-5-3-6-10-22)30(17-32(31)37-2)38-21-25(34)19-33-18-24-15-26(28(24)20-33)23-11-7-4-8-12-23/h3-12,16-17,24-26,28,34H,13-15,18-21H2,1-2H3. The number of nitrogens with zero attached hydrogens (tertiary/aromatic N) is 1. The summed E-state index contributed by atoms with van der Waals surface area (Å²) in [5.41, 5.74) is 2.97. The summed E-state index contributed by atoms with van der Waals surface area (Å²) in [5, 5.41) is 10.8. The highest BCUT2D eigenvalue weighted by Crippen LogP contribution is 2.51. The van der Waals surface area contributed by atoms with Gasteiger partial charge in [0.1, 0.15) is 18.5 Å². The fraction of sp³-hybridized carbons (Fsp3) is 0.406. The van der Waals surface area contributed by atoms with Crippen LogP contribution in [0.25, 0.3) is 0 Å². The minimum atomic E-state index is -0.664. The van der Waals surface area contributed by atoms with Crippen molar-refractivity contribution in [3.05, 3.63) is 89.5 Å². The van der Waals surface area contributed by atoms with Gasteiger partial charge >= 0.3 is 0 Å². The summed E-state index contributed by atoms with van der Waals surface area (Å²) < 4.78 is 16.9. The van der Waals surface area contributed by atoms with Crippen molar-refractivity contribution < 1.29 is 24.1 Å². The first-order valence-corrected chi connectivity index (χ1v) is 13.5. The molecule has 6 heteroatoms. The predicted molar refractivity (Wildman–Crippen MR) is 147 cm³/mol. The van der Waals surface area contributed by atoms with E-state index in [4.69, 9.17) is 14.2 Å². The van der Waals surface area contributed by atoms with Crippen molar-refractivity contribution >= 4 is 5.78 Å². The third kappa shape index (κ3) is 5.87. The number of hydrogen-bond donors (Lipinski definition) is 1. The number of Topliss-reactive ketones (excluding diaryl/α,β-unsaturated/α-hetero) is 1. The van der Waals surface area contributed by atoms with Crippen LogP contribution in [0.5, 0.6) is 17.2 Å². The van der Waals surface area contributed by atoms with E-state index in [0.29, 0.717) is 60.0 Å². The van der Waals surface area contributed by atoms with Gasteiger partial charge in [-0.15, -0.1) is 0 Å². The molecule has 0 spiro atoms. The highest BCUT2D eigenvalue weighted by atomic mass is 16.5. The van der Waals surface area contributed by atoms with E-state index in [0.717, 1.165) is 18.7 Å². The number of aliphatic hydroxyl groups excluding tert-OH is 1. The topological polar surface area (TPSA) is 68.2 Å². The second-order valence-electron chi connectivity index (χ2n) is 10.5. The number of methoxy groups -OCH3 is 2. The molecule has 5 rings (SSSR count). The van der Waals surface area contributed by atoms with Crippen molar-refractivity contribution in [3.8, 4) is 17.2 Å². The van der Waals surface area contributed by atoms with Crippen LogP contribution in [0.2, 0.25) is 0 Å². The van der Waals surface area contributed by atoms with E-state index >= 15 is 0 Å². The van der Waals surface area contributed by atoms with Crippen LogP contribution in [-0.2, 0) is 6.42 Å².